The van der Waals surface area contributed by atoms with Crippen LogP contribution in [-0.4, -0.2) is 35.7 Å². The summed E-state index contributed by atoms with van der Waals surface area (Å²) in [4.78, 5) is 10.8. The van der Waals surface area contributed by atoms with Gasteiger partial charge in [-0.05, 0) is 0 Å². The Hall–Kier alpha value is 0.359. The molecule has 0 saturated carbocycles. The van der Waals surface area contributed by atoms with E-state index < -0.39 is 19.8 Å². The van der Waals surface area contributed by atoms with Gasteiger partial charge in [-0.1, -0.05) is 0 Å². The summed E-state index contributed by atoms with van der Waals surface area (Å²) in [6.07, 6.45) is 0. The Morgan fingerprint density at radius 3 is 2.89 bits per heavy atom. The van der Waals surface area contributed by atoms with Crippen LogP contribution in [0, 0.1) is 0 Å². The quantitative estimate of drug-likeness (QED) is 0.556. The number of hydrogen-bond donors (Lipinski definition) is 0. The van der Waals surface area contributed by atoms with Gasteiger partial charge in [-0.3, -0.25) is 0 Å². The van der Waals surface area contributed by atoms with Gasteiger partial charge in [0.05, 0.1) is 0 Å². The summed E-state index contributed by atoms with van der Waals surface area (Å²) in [5.74, 6) is 0. The molecule has 1 saturated heterocycles. The van der Waals surface area contributed by atoms with Gasteiger partial charge in [-0.15, -0.1) is 0 Å². The monoisotopic (exact) mass is 251 g/mol. The van der Waals surface area contributed by atoms with E-state index in [1.807, 2.05) is 0 Å². The standard InChI is InChI=1S/C3H3O2S.C2H4.Sn/c4-3-5-1-2-6;1-2;/h2H,1H2;1-2H2;. The van der Waals surface area contributed by atoms with E-state index in [0.717, 1.165) is 0 Å². The zero-order valence-electron chi connectivity index (χ0n) is 4.92. The summed E-state index contributed by atoms with van der Waals surface area (Å²) in [5.41, 5.74) is 0. The predicted octanol–water partition coefficient (Wildman–Crippen LogP) is 1.21. The van der Waals surface area contributed by atoms with Crippen molar-refractivity contribution >= 4 is 41.3 Å². The van der Waals surface area contributed by atoms with Gasteiger partial charge in [-0.2, -0.15) is 0 Å². The number of rotatable bonds is 3. The summed E-state index contributed by atoms with van der Waals surface area (Å²) in [5, 5.41) is 1.45. The average Bonchev–Trinajstić information content (AvgIpc) is 2.63. The molecule has 0 aliphatic carbocycles. The molecule has 0 aromatic heterocycles. The number of ether oxygens (including phenoxy) is 1. The zero-order valence-corrected chi connectivity index (χ0v) is 8.59. The number of carbonyl (C=O) groups excluding carboxylic acids is 1. The zero-order chi connectivity index (χ0) is 6.69. The molecule has 0 aromatic rings. The fraction of sp³-hybridized carbons (Fsp3) is 0.600. The first-order valence-corrected chi connectivity index (χ1v) is 8.73. The van der Waals surface area contributed by atoms with E-state index >= 15 is 0 Å². The van der Waals surface area contributed by atoms with Gasteiger partial charge in [0, 0.05) is 0 Å². The third kappa shape index (κ3) is 2.62. The third-order valence-electron chi connectivity index (χ3n) is 1.07. The second kappa shape index (κ2) is 3.51. The van der Waals surface area contributed by atoms with Gasteiger partial charge in [-0.25, -0.2) is 0 Å². The molecular formula is C5H7O2SSn. The van der Waals surface area contributed by atoms with E-state index in [1.165, 1.54) is 14.2 Å². The van der Waals surface area contributed by atoms with E-state index in [9.17, 15) is 4.79 Å². The van der Waals surface area contributed by atoms with Crippen molar-refractivity contribution < 1.29 is 9.53 Å². The Bertz CT molecular complexity index is 133. The maximum absolute atomic E-state index is 10.8. The Kier molecular flexibility index (Phi) is 2.91. The van der Waals surface area contributed by atoms with Gasteiger partial charge in [0.1, 0.15) is 0 Å². The summed E-state index contributed by atoms with van der Waals surface area (Å²) in [6.45, 7) is 0.332. The van der Waals surface area contributed by atoms with Gasteiger partial charge >= 0.3 is 66.3 Å². The molecule has 0 spiro atoms. The Balaban J connectivity index is 2.10. The van der Waals surface area contributed by atoms with Crippen molar-refractivity contribution in [2.24, 2.45) is 0 Å². The number of thiocarbonyl (C=S) groups is 1. The van der Waals surface area contributed by atoms with Crippen molar-refractivity contribution in [3.8, 4) is 0 Å². The van der Waals surface area contributed by atoms with Crippen LogP contribution in [0.1, 0.15) is 0 Å². The van der Waals surface area contributed by atoms with Gasteiger partial charge in [0.25, 0.3) is 0 Å². The Morgan fingerprint density at radius 2 is 2.44 bits per heavy atom. The van der Waals surface area contributed by atoms with Gasteiger partial charge < -0.3 is 0 Å². The van der Waals surface area contributed by atoms with Crippen molar-refractivity contribution in [3.63, 3.8) is 0 Å². The molecular weight excluding hydrogens is 243 g/mol. The first-order chi connectivity index (χ1) is 4.34. The van der Waals surface area contributed by atoms with Crippen LogP contribution >= 0.6 is 12.2 Å². The topological polar surface area (TPSA) is 26.3 Å². The van der Waals surface area contributed by atoms with E-state index in [0.29, 0.717) is 6.61 Å². The second-order valence-electron chi connectivity index (χ2n) is 1.87. The van der Waals surface area contributed by atoms with Gasteiger partial charge in [0.15, 0.2) is 0 Å². The molecule has 1 heterocycles. The molecule has 0 aromatic carbocycles. The molecule has 0 bridgehead atoms. The predicted molar refractivity (Wildman–Crippen MR) is 40.4 cm³/mol. The van der Waals surface area contributed by atoms with E-state index in [-0.39, 0.29) is 3.99 Å². The number of carbonyl (C=O) groups is 1. The molecule has 49 valence electrons. The van der Waals surface area contributed by atoms with Gasteiger partial charge in [0.2, 0.25) is 0 Å². The normalized spacial score (nSPS) is 16.9. The Labute approximate surface area is 66.3 Å². The van der Waals surface area contributed by atoms with Crippen molar-refractivity contribution in [2.75, 3.05) is 6.61 Å². The molecule has 0 N–H and O–H groups in total. The van der Waals surface area contributed by atoms with Crippen LogP contribution in [0.15, 0.2) is 0 Å². The van der Waals surface area contributed by atoms with Crippen LogP contribution in [0.4, 0.5) is 4.79 Å². The fourth-order valence-electron chi connectivity index (χ4n) is 0.478. The minimum absolute atomic E-state index is 0.110. The van der Waals surface area contributed by atoms with Crippen LogP contribution in [0.2, 0.25) is 8.87 Å². The molecule has 1 aliphatic heterocycles. The van der Waals surface area contributed by atoms with Crippen LogP contribution in [-0.2, 0) is 4.74 Å². The van der Waals surface area contributed by atoms with Crippen molar-refractivity contribution in [1.82, 2.24) is 0 Å². The summed E-state index contributed by atoms with van der Waals surface area (Å²) < 4.78 is 7.30. The van der Waals surface area contributed by atoms with Crippen LogP contribution in [0.25, 0.3) is 0 Å². The second-order valence-corrected chi connectivity index (χ2v) is 9.67. The molecule has 2 nitrogen and oxygen atoms in total. The number of hydrogen-bond acceptors (Lipinski definition) is 3. The van der Waals surface area contributed by atoms with Crippen LogP contribution in [0.3, 0.4) is 0 Å². The third-order valence-corrected chi connectivity index (χ3v) is 6.12. The molecule has 4 heteroatoms. The Morgan fingerprint density at radius 1 is 1.78 bits per heavy atom. The molecule has 9 heavy (non-hydrogen) atoms. The first kappa shape index (κ1) is 7.47. The summed E-state index contributed by atoms with van der Waals surface area (Å²) >= 11 is 3.04. The van der Waals surface area contributed by atoms with Crippen molar-refractivity contribution in [3.05, 3.63) is 0 Å². The summed E-state index contributed by atoms with van der Waals surface area (Å²) in [7, 11) is 0. The molecule has 1 fully saturated rings. The van der Waals surface area contributed by atoms with Crippen LogP contribution < -0.4 is 0 Å². The van der Waals surface area contributed by atoms with E-state index in [2.05, 4.69) is 12.2 Å². The molecule has 1 aliphatic rings. The average molecular weight is 250 g/mol. The molecule has 0 unspecified atom stereocenters. The minimum atomic E-state index is -1.46. The van der Waals surface area contributed by atoms with Crippen molar-refractivity contribution in [1.29, 1.82) is 0 Å². The van der Waals surface area contributed by atoms with E-state index in [4.69, 9.17) is 4.74 Å². The maximum atomic E-state index is 10.8. The summed E-state index contributed by atoms with van der Waals surface area (Å²) in [6, 6.07) is 0. The van der Waals surface area contributed by atoms with Crippen molar-refractivity contribution in [2.45, 2.75) is 8.87 Å². The fourth-order valence-corrected chi connectivity index (χ4v) is 5.28. The van der Waals surface area contributed by atoms with Crippen LogP contribution in [0.5, 0.6) is 0 Å². The molecule has 1 rings (SSSR count). The molecule has 0 atom stereocenters. The SMILES string of the molecule is O=[C](OCC=S)[Sn]1[CH2][CH2]1. The molecule has 1 radical (unpaired) electrons. The first-order valence-electron chi connectivity index (χ1n) is 2.80. The molecule has 0 amide bonds. The van der Waals surface area contributed by atoms with E-state index in [1.54, 1.807) is 0 Å².